The molecular formula is C34H45N5O14. The lowest BCUT2D eigenvalue weighted by Gasteiger charge is -2.31. The molecule has 1 saturated heterocycles. The summed E-state index contributed by atoms with van der Waals surface area (Å²) in [5, 5.41) is 18.3. The number of nitrogens with one attached hydrogen (secondary N) is 4. The topological polar surface area (TPSA) is 260 Å². The average Bonchev–Trinajstić information content (AvgIpc) is 3.39. The van der Waals surface area contributed by atoms with Crippen molar-refractivity contribution in [2.75, 3.05) is 13.1 Å². The minimum atomic E-state index is -1.74. The molecule has 53 heavy (non-hydrogen) atoms. The summed E-state index contributed by atoms with van der Waals surface area (Å²) in [4.78, 5) is 101. The lowest BCUT2D eigenvalue weighted by Crippen LogP contribution is -2.57. The fourth-order valence-corrected chi connectivity index (χ4v) is 5.57. The zero-order valence-electron chi connectivity index (χ0n) is 29.9. The third-order valence-corrected chi connectivity index (χ3v) is 7.72. The molecule has 2 amide bonds. The highest BCUT2D eigenvalue weighted by molar-refractivity contribution is 5.85. The van der Waals surface area contributed by atoms with E-state index in [1.807, 2.05) is 24.9 Å². The molecule has 2 heterocycles. The second-order valence-corrected chi connectivity index (χ2v) is 12.5. The van der Waals surface area contributed by atoms with Crippen molar-refractivity contribution in [3.8, 4) is 0 Å². The number of hydrogen-bond acceptors (Lipinski definition) is 14. The molecule has 0 bridgehead atoms. The van der Waals surface area contributed by atoms with E-state index in [-0.39, 0.29) is 32.0 Å². The highest BCUT2D eigenvalue weighted by Crippen LogP contribution is 2.36. The van der Waals surface area contributed by atoms with E-state index in [0.29, 0.717) is 6.42 Å². The van der Waals surface area contributed by atoms with Crippen LogP contribution in [0.5, 0.6) is 0 Å². The number of carbonyl (C=O) groups is 6. The van der Waals surface area contributed by atoms with Gasteiger partial charge in [-0.25, -0.2) is 9.59 Å². The quantitative estimate of drug-likeness (QED) is 0.0771. The van der Waals surface area contributed by atoms with Gasteiger partial charge in [0.25, 0.3) is 5.56 Å². The van der Waals surface area contributed by atoms with Gasteiger partial charge in [-0.05, 0) is 30.9 Å². The Balaban J connectivity index is 1.74. The molecule has 19 nitrogen and oxygen atoms in total. The van der Waals surface area contributed by atoms with Crippen molar-refractivity contribution in [1.82, 2.24) is 25.5 Å². The van der Waals surface area contributed by atoms with E-state index in [1.54, 1.807) is 24.3 Å². The lowest BCUT2D eigenvalue weighted by atomic mass is 9.98. The lowest BCUT2D eigenvalue weighted by molar-refractivity contribution is -0.175. The molecule has 1 aliphatic rings. The molecule has 0 saturated carbocycles. The highest BCUT2D eigenvalue weighted by atomic mass is 16.7. The van der Waals surface area contributed by atoms with E-state index in [0.717, 1.165) is 43.2 Å². The molecule has 0 aliphatic carbocycles. The zero-order chi connectivity index (χ0) is 39.2. The number of alkyl carbamates (subject to hydrolysis) is 1. The van der Waals surface area contributed by atoms with E-state index in [4.69, 9.17) is 23.7 Å². The van der Waals surface area contributed by atoms with Crippen LogP contribution in [0.15, 0.2) is 52.2 Å². The van der Waals surface area contributed by atoms with Gasteiger partial charge in [0.15, 0.2) is 24.5 Å². The van der Waals surface area contributed by atoms with E-state index < -0.39 is 89.9 Å². The Hall–Kier alpha value is -5.56. The molecule has 0 spiro atoms. The smallest absolute Gasteiger partial charge is 0.408 e. The molecule has 1 aromatic heterocycles. The van der Waals surface area contributed by atoms with Crippen LogP contribution < -0.4 is 27.2 Å². The minimum absolute atomic E-state index is 0.0116. The molecule has 19 heteroatoms. The van der Waals surface area contributed by atoms with Crippen molar-refractivity contribution >= 4 is 35.9 Å². The number of carbonyl (C=O) groups excluding carboxylic acids is 5. The van der Waals surface area contributed by atoms with Crippen LogP contribution in [0, 0.1) is 5.92 Å². The Morgan fingerprint density at radius 2 is 1.58 bits per heavy atom. The number of rotatable bonds is 18. The van der Waals surface area contributed by atoms with Crippen LogP contribution in [0.4, 0.5) is 4.79 Å². The van der Waals surface area contributed by atoms with E-state index >= 15 is 0 Å². The van der Waals surface area contributed by atoms with Crippen molar-refractivity contribution < 1.29 is 57.6 Å². The van der Waals surface area contributed by atoms with Gasteiger partial charge in [0.2, 0.25) is 5.91 Å². The van der Waals surface area contributed by atoms with Crippen molar-refractivity contribution in [1.29, 1.82) is 0 Å². The number of aromatic nitrogens is 2. The molecule has 0 radical (unpaired) electrons. The number of ether oxygens (including phenoxy) is 5. The second-order valence-electron chi connectivity index (χ2n) is 12.5. The summed E-state index contributed by atoms with van der Waals surface area (Å²) in [5.74, 6) is -4.70. The summed E-state index contributed by atoms with van der Waals surface area (Å²) < 4.78 is 28.2. The first-order valence-corrected chi connectivity index (χ1v) is 16.8. The number of H-pyrrole nitrogens is 1. The third-order valence-electron chi connectivity index (χ3n) is 7.72. The number of esters is 3. The third kappa shape index (κ3) is 12.9. The van der Waals surface area contributed by atoms with Crippen LogP contribution in [0.3, 0.4) is 0 Å². The summed E-state index contributed by atoms with van der Waals surface area (Å²) in [6.45, 7) is 6.79. The predicted molar refractivity (Wildman–Crippen MR) is 182 cm³/mol. The van der Waals surface area contributed by atoms with Gasteiger partial charge in [-0.2, -0.15) is 0 Å². The van der Waals surface area contributed by atoms with Crippen molar-refractivity contribution in [3.63, 3.8) is 0 Å². The Kier molecular flexibility index (Phi) is 15.7. The predicted octanol–water partition coefficient (Wildman–Crippen LogP) is 0.119. The molecule has 290 valence electrons. The van der Waals surface area contributed by atoms with Crippen molar-refractivity contribution in [2.24, 2.45) is 5.92 Å². The fraction of sp³-hybridized carbons (Fsp3) is 0.529. The molecule has 2 aromatic rings. The van der Waals surface area contributed by atoms with Gasteiger partial charge in [-0.3, -0.25) is 38.3 Å². The van der Waals surface area contributed by atoms with Gasteiger partial charge in [0.05, 0.1) is 0 Å². The molecule has 1 aromatic carbocycles. The zero-order valence-corrected chi connectivity index (χ0v) is 29.9. The minimum Gasteiger partial charge on any atom is -0.480 e. The summed E-state index contributed by atoms with van der Waals surface area (Å²) >= 11 is 0. The van der Waals surface area contributed by atoms with E-state index in [9.17, 15) is 43.5 Å². The normalized spacial score (nSPS) is 19.7. The number of amides is 2. The SMILES string of the molecule is CC(=O)OC(C(NCCCNC(=O)[C@H](CC(C)C)NC(=O)OCc1ccccc1)C(=O)O)[C@H]1O[C@H](n2ccc(=O)[nH]c2=O)[C@H](OC(C)=O)[C@@H]1OC(C)=O. The summed E-state index contributed by atoms with van der Waals surface area (Å²) in [6.07, 6.45) is -7.38. The van der Waals surface area contributed by atoms with Crippen LogP contribution in [-0.2, 0) is 54.3 Å². The maximum Gasteiger partial charge on any atom is 0.408 e. The number of carboxylic acids is 1. The Morgan fingerprint density at radius 1 is 0.925 bits per heavy atom. The van der Waals surface area contributed by atoms with Crippen molar-refractivity contribution in [2.45, 2.75) is 96.8 Å². The molecule has 1 aliphatic heterocycles. The summed E-state index contributed by atoms with van der Waals surface area (Å²) in [7, 11) is 0. The first-order chi connectivity index (χ1) is 25.1. The summed E-state index contributed by atoms with van der Waals surface area (Å²) in [5.41, 5.74) is -0.973. The number of aromatic amines is 1. The van der Waals surface area contributed by atoms with E-state index in [2.05, 4.69) is 16.0 Å². The number of hydrogen-bond donors (Lipinski definition) is 5. The second kappa shape index (κ2) is 19.9. The summed E-state index contributed by atoms with van der Waals surface area (Å²) in [6, 6.07) is 7.33. The first-order valence-electron chi connectivity index (χ1n) is 16.8. The van der Waals surface area contributed by atoms with Crippen LogP contribution in [-0.4, -0.2) is 100 Å². The van der Waals surface area contributed by atoms with Gasteiger partial charge in [0.1, 0.15) is 24.8 Å². The number of carboxylic acid groups (broad SMARTS) is 1. The Morgan fingerprint density at radius 3 is 2.17 bits per heavy atom. The number of nitrogens with zero attached hydrogens (tertiary/aromatic N) is 1. The fourth-order valence-electron chi connectivity index (χ4n) is 5.57. The van der Waals surface area contributed by atoms with Gasteiger partial charge in [-0.15, -0.1) is 0 Å². The van der Waals surface area contributed by atoms with Gasteiger partial charge < -0.3 is 44.7 Å². The van der Waals surface area contributed by atoms with Crippen LogP contribution in [0.2, 0.25) is 0 Å². The Labute approximate surface area is 303 Å². The van der Waals surface area contributed by atoms with Gasteiger partial charge >= 0.3 is 35.7 Å². The van der Waals surface area contributed by atoms with Gasteiger partial charge in [0, 0.05) is 39.6 Å². The van der Waals surface area contributed by atoms with E-state index in [1.165, 1.54) is 0 Å². The molecule has 3 rings (SSSR count). The largest absolute Gasteiger partial charge is 0.480 e. The van der Waals surface area contributed by atoms with Crippen LogP contribution in [0.25, 0.3) is 0 Å². The number of benzene rings is 1. The molecule has 1 fully saturated rings. The molecule has 5 N–H and O–H groups in total. The van der Waals surface area contributed by atoms with Gasteiger partial charge in [-0.1, -0.05) is 44.2 Å². The average molecular weight is 748 g/mol. The first kappa shape index (κ1) is 41.9. The van der Waals surface area contributed by atoms with Crippen LogP contribution in [0.1, 0.15) is 59.3 Å². The monoisotopic (exact) mass is 747 g/mol. The highest BCUT2D eigenvalue weighted by Gasteiger charge is 2.56. The standard InChI is InChI=1S/C34H45N5O14/c1-18(2)16-23(37-34(48)49-17-22-10-7-6-8-11-22)30(44)36-14-9-13-35-25(32(45)46)26(50-19(3)40)27-28(51-20(4)41)29(52-21(5)42)31(53-27)39-15-12-24(43)38-33(39)47/h6-8,10-12,15,18,23,25-29,31,35H,9,13-14,16-17H2,1-5H3,(H,36,44)(H,37,48)(H,45,46)(H,38,43,47)/t23-,25?,26?,27+,28+,29+,31-/m0/s1. The molecule has 7 atom stereocenters. The van der Waals surface area contributed by atoms with Crippen LogP contribution >= 0.6 is 0 Å². The Bertz CT molecular complexity index is 1710. The number of aliphatic carboxylic acids is 1. The molecule has 2 unspecified atom stereocenters. The maximum atomic E-state index is 13.0. The van der Waals surface area contributed by atoms with Crippen molar-refractivity contribution in [3.05, 3.63) is 69.0 Å². The maximum absolute atomic E-state index is 13.0. The molecular weight excluding hydrogens is 702 g/mol.